The number of ether oxygens (including phenoxy) is 1. The van der Waals surface area contributed by atoms with Crippen LogP contribution in [0.1, 0.15) is 28.4 Å². The van der Waals surface area contributed by atoms with E-state index in [0.717, 1.165) is 11.1 Å². The molecule has 0 amide bonds. The number of benzene rings is 2. The minimum absolute atomic E-state index is 0.253. The Morgan fingerprint density at radius 1 is 1.15 bits per heavy atom. The van der Waals surface area contributed by atoms with Gasteiger partial charge in [0.25, 0.3) is 0 Å². The number of hydrogen-bond donors (Lipinski definition) is 1. The predicted molar refractivity (Wildman–Crippen MR) is 77.9 cm³/mol. The van der Waals surface area contributed by atoms with Crippen molar-refractivity contribution in [3.05, 3.63) is 63.4 Å². The molecule has 0 spiro atoms. The fraction of sp³-hybridized carbons (Fsp3) is 0.250. The standard InChI is InChI=1S/C16H16ClFO2/c1-9-4-10(2)15(14(5-9)20-3)16(19)11-6-12(17)8-13(18)7-11/h4-8,16,19H,1-3H3. The van der Waals surface area contributed by atoms with Crippen molar-refractivity contribution in [1.82, 2.24) is 0 Å². The van der Waals surface area contributed by atoms with Crippen LogP contribution in [0.4, 0.5) is 4.39 Å². The molecule has 4 heteroatoms. The van der Waals surface area contributed by atoms with Gasteiger partial charge in [-0.25, -0.2) is 4.39 Å². The van der Waals surface area contributed by atoms with Crippen molar-refractivity contribution in [1.29, 1.82) is 0 Å². The summed E-state index contributed by atoms with van der Waals surface area (Å²) in [5.74, 6) is 0.102. The Morgan fingerprint density at radius 3 is 2.45 bits per heavy atom. The molecule has 0 aliphatic carbocycles. The van der Waals surface area contributed by atoms with E-state index in [1.807, 2.05) is 26.0 Å². The normalized spacial score (nSPS) is 12.3. The van der Waals surface area contributed by atoms with Gasteiger partial charge in [-0.1, -0.05) is 17.7 Å². The van der Waals surface area contributed by atoms with Crippen molar-refractivity contribution < 1.29 is 14.2 Å². The first-order valence-corrected chi connectivity index (χ1v) is 6.59. The maximum atomic E-state index is 13.4. The summed E-state index contributed by atoms with van der Waals surface area (Å²) < 4.78 is 18.7. The van der Waals surface area contributed by atoms with Crippen LogP contribution in [0.5, 0.6) is 5.75 Å². The molecule has 0 aromatic heterocycles. The van der Waals surface area contributed by atoms with E-state index in [4.69, 9.17) is 16.3 Å². The second kappa shape index (κ2) is 5.81. The summed E-state index contributed by atoms with van der Waals surface area (Å²) in [7, 11) is 1.54. The van der Waals surface area contributed by atoms with Crippen LogP contribution in [0.15, 0.2) is 30.3 Å². The molecule has 0 heterocycles. The second-order valence-electron chi connectivity index (χ2n) is 4.80. The number of aryl methyl sites for hydroxylation is 2. The van der Waals surface area contributed by atoms with E-state index in [1.165, 1.54) is 12.1 Å². The van der Waals surface area contributed by atoms with E-state index >= 15 is 0 Å². The first-order chi connectivity index (χ1) is 9.42. The number of methoxy groups -OCH3 is 1. The van der Waals surface area contributed by atoms with Crippen LogP contribution in [0.3, 0.4) is 0 Å². The van der Waals surface area contributed by atoms with Gasteiger partial charge in [-0.15, -0.1) is 0 Å². The van der Waals surface area contributed by atoms with Gasteiger partial charge in [0.15, 0.2) is 0 Å². The van der Waals surface area contributed by atoms with E-state index in [9.17, 15) is 9.50 Å². The molecule has 0 aliphatic heterocycles. The van der Waals surface area contributed by atoms with Gasteiger partial charge >= 0.3 is 0 Å². The van der Waals surface area contributed by atoms with E-state index in [2.05, 4.69) is 0 Å². The largest absolute Gasteiger partial charge is 0.496 e. The zero-order valence-corrected chi connectivity index (χ0v) is 12.3. The Bertz CT molecular complexity index is 620. The summed E-state index contributed by atoms with van der Waals surface area (Å²) in [5.41, 5.74) is 2.95. The molecule has 0 fully saturated rings. The molecule has 2 nitrogen and oxygen atoms in total. The quantitative estimate of drug-likeness (QED) is 0.920. The molecule has 0 saturated heterocycles. The molecule has 1 atom stereocenters. The van der Waals surface area contributed by atoms with Crippen LogP contribution in [0, 0.1) is 19.7 Å². The number of hydrogen-bond acceptors (Lipinski definition) is 2. The Balaban J connectivity index is 2.55. The molecular weight excluding hydrogens is 279 g/mol. The van der Waals surface area contributed by atoms with E-state index < -0.39 is 11.9 Å². The van der Waals surface area contributed by atoms with Gasteiger partial charge in [-0.2, -0.15) is 0 Å². The summed E-state index contributed by atoms with van der Waals surface area (Å²) in [5, 5.41) is 10.8. The number of aliphatic hydroxyl groups excluding tert-OH is 1. The topological polar surface area (TPSA) is 29.5 Å². The van der Waals surface area contributed by atoms with Crippen LogP contribution >= 0.6 is 11.6 Å². The molecule has 2 aromatic rings. The lowest BCUT2D eigenvalue weighted by Gasteiger charge is -2.19. The Morgan fingerprint density at radius 2 is 1.85 bits per heavy atom. The highest BCUT2D eigenvalue weighted by Gasteiger charge is 2.19. The fourth-order valence-electron chi connectivity index (χ4n) is 2.36. The summed E-state index contributed by atoms with van der Waals surface area (Å²) in [6, 6.07) is 7.81. The summed E-state index contributed by atoms with van der Waals surface area (Å²) in [6.07, 6.45) is -0.987. The van der Waals surface area contributed by atoms with Gasteiger partial charge in [-0.05, 0) is 54.8 Å². The molecule has 0 radical (unpaired) electrons. The third-order valence-electron chi connectivity index (χ3n) is 3.19. The predicted octanol–water partition coefficient (Wildman–Crippen LogP) is 4.19. The van der Waals surface area contributed by atoms with Crippen LogP contribution in [0.25, 0.3) is 0 Å². The SMILES string of the molecule is COc1cc(C)cc(C)c1C(O)c1cc(F)cc(Cl)c1. The minimum Gasteiger partial charge on any atom is -0.496 e. The zero-order chi connectivity index (χ0) is 14.9. The van der Waals surface area contributed by atoms with Crippen molar-refractivity contribution in [2.24, 2.45) is 0 Å². The molecule has 106 valence electrons. The number of aliphatic hydroxyl groups is 1. The fourth-order valence-corrected chi connectivity index (χ4v) is 2.59. The molecule has 1 N–H and O–H groups in total. The molecule has 0 aliphatic rings. The molecular formula is C16H16ClFO2. The summed E-state index contributed by atoms with van der Waals surface area (Å²) >= 11 is 5.84. The monoisotopic (exact) mass is 294 g/mol. The highest BCUT2D eigenvalue weighted by Crippen LogP contribution is 2.34. The van der Waals surface area contributed by atoms with Crippen LogP contribution in [-0.2, 0) is 0 Å². The smallest absolute Gasteiger partial charge is 0.125 e. The number of rotatable bonds is 3. The third-order valence-corrected chi connectivity index (χ3v) is 3.41. The van der Waals surface area contributed by atoms with Gasteiger partial charge < -0.3 is 9.84 Å². The molecule has 2 aromatic carbocycles. The first kappa shape index (κ1) is 14.8. The van der Waals surface area contributed by atoms with Crippen molar-refractivity contribution in [3.63, 3.8) is 0 Å². The van der Waals surface area contributed by atoms with Gasteiger partial charge in [-0.3, -0.25) is 0 Å². The van der Waals surface area contributed by atoms with Gasteiger partial charge in [0.2, 0.25) is 0 Å². The lowest BCUT2D eigenvalue weighted by molar-refractivity contribution is 0.213. The van der Waals surface area contributed by atoms with Gasteiger partial charge in [0.1, 0.15) is 17.7 Å². The Hall–Kier alpha value is -1.58. The van der Waals surface area contributed by atoms with Crippen molar-refractivity contribution in [3.8, 4) is 5.75 Å². The summed E-state index contributed by atoms with van der Waals surface area (Å²) in [6.45, 7) is 3.83. The third kappa shape index (κ3) is 2.94. The average Bonchev–Trinajstić information content (AvgIpc) is 2.35. The van der Waals surface area contributed by atoms with Crippen molar-refractivity contribution in [2.75, 3.05) is 7.11 Å². The maximum Gasteiger partial charge on any atom is 0.125 e. The minimum atomic E-state index is -0.987. The molecule has 0 bridgehead atoms. The highest BCUT2D eigenvalue weighted by molar-refractivity contribution is 6.30. The number of halogens is 2. The van der Waals surface area contributed by atoms with Gasteiger partial charge in [0, 0.05) is 10.6 Å². The second-order valence-corrected chi connectivity index (χ2v) is 5.24. The highest BCUT2D eigenvalue weighted by atomic mass is 35.5. The zero-order valence-electron chi connectivity index (χ0n) is 11.6. The van der Waals surface area contributed by atoms with Crippen molar-refractivity contribution >= 4 is 11.6 Å². The molecule has 0 saturated carbocycles. The average molecular weight is 295 g/mol. The molecule has 2 rings (SSSR count). The maximum absolute atomic E-state index is 13.4. The molecule has 1 unspecified atom stereocenters. The van der Waals surface area contributed by atoms with E-state index in [1.54, 1.807) is 13.2 Å². The van der Waals surface area contributed by atoms with E-state index in [0.29, 0.717) is 16.9 Å². The lowest BCUT2D eigenvalue weighted by atomic mass is 9.95. The van der Waals surface area contributed by atoms with Gasteiger partial charge in [0.05, 0.1) is 7.11 Å². The first-order valence-electron chi connectivity index (χ1n) is 6.21. The van der Waals surface area contributed by atoms with Crippen LogP contribution < -0.4 is 4.74 Å². The van der Waals surface area contributed by atoms with Crippen molar-refractivity contribution in [2.45, 2.75) is 20.0 Å². The summed E-state index contributed by atoms with van der Waals surface area (Å²) in [4.78, 5) is 0. The van der Waals surface area contributed by atoms with E-state index in [-0.39, 0.29) is 5.02 Å². The Kier molecular flexibility index (Phi) is 4.31. The Labute approximate surface area is 122 Å². The lowest BCUT2D eigenvalue weighted by Crippen LogP contribution is -2.06. The van der Waals surface area contributed by atoms with Crippen LogP contribution in [0.2, 0.25) is 5.02 Å². The molecule has 20 heavy (non-hydrogen) atoms. The van der Waals surface area contributed by atoms with Crippen LogP contribution in [-0.4, -0.2) is 12.2 Å².